The molecule has 2 aliphatic heterocycles. The van der Waals surface area contributed by atoms with Crippen molar-refractivity contribution in [3.05, 3.63) is 130 Å². The van der Waals surface area contributed by atoms with Gasteiger partial charge in [-0.3, -0.25) is 4.98 Å². The lowest BCUT2D eigenvalue weighted by molar-refractivity contribution is 0.997. The Hall–Kier alpha value is -4.17. The number of hydrogen-bond acceptors (Lipinski definition) is 2. The maximum Gasteiger partial charge on any atom is 0.0539 e. The van der Waals surface area contributed by atoms with Crippen molar-refractivity contribution >= 4 is 17.1 Å². The topological polar surface area (TPSA) is 16.1 Å². The highest BCUT2D eigenvalue weighted by Crippen LogP contribution is 2.57. The summed E-state index contributed by atoms with van der Waals surface area (Å²) in [5.41, 5.74) is 21.5. The van der Waals surface area contributed by atoms with E-state index in [-0.39, 0.29) is 0 Å². The molecule has 2 aliphatic carbocycles. The van der Waals surface area contributed by atoms with Gasteiger partial charge in [-0.2, -0.15) is 0 Å². The van der Waals surface area contributed by atoms with Gasteiger partial charge in [0.1, 0.15) is 0 Å². The Kier molecular flexibility index (Phi) is 3.27. The van der Waals surface area contributed by atoms with E-state index in [1.165, 1.54) is 83.8 Å². The Balaban J connectivity index is 1.38. The van der Waals surface area contributed by atoms with Crippen LogP contribution in [0.1, 0.15) is 44.5 Å². The summed E-state index contributed by atoms with van der Waals surface area (Å²) in [6, 6.07) is 27.4. The van der Waals surface area contributed by atoms with Gasteiger partial charge in [0.2, 0.25) is 0 Å². The molecule has 4 aliphatic rings. The summed E-state index contributed by atoms with van der Waals surface area (Å²) in [6.45, 7) is 0. The van der Waals surface area contributed by atoms with Crippen LogP contribution in [0.5, 0.6) is 0 Å². The minimum atomic E-state index is 0.943. The fourth-order valence-electron chi connectivity index (χ4n) is 7.22. The molecule has 2 heteroatoms. The highest BCUT2D eigenvalue weighted by Gasteiger charge is 2.38. The van der Waals surface area contributed by atoms with Crippen LogP contribution in [0.3, 0.4) is 0 Å². The molecule has 0 N–H and O–H groups in total. The van der Waals surface area contributed by atoms with Gasteiger partial charge in [0, 0.05) is 30.9 Å². The quantitative estimate of drug-likeness (QED) is 0.240. The number of hydrogen-bond donors (Lipinski definition) is 0. The third-order valence-corrected chi connectivity index (χ3v) is 8.56. The molecule has 2 nitrogen and oxygen atoms in total. The highest BCUT2D eigenvalue weighted by atomic mass is 15.2. The summed E-state index contributed by atoms with van der Waals surface area (Å²) >= 11 is 0. The van der Waals surface area contributed by atoms with Crippen molar-refractivity contribution in [2.45, 2.75) is 25.7 Å². The lowest BCUT2D eigenvalue weighted by Crippen LogP contribution is -2.25. The monoisotopic (exact) mass is 446 g/mol. The van der Waals surface area contributed by atoms with Gasteiger partial charge < -0.3 is 4.90 Å². The first-order valence-electron chi connectivity index (χ1n) is 12.6. The standard InChI is InChI=1S/C33H22N2/c1-3-7-26-19(5-1)13-21-9-10-22-15-23-16-24-14-20-6-2-4-8-28(20)35-29-11-12-34-18-25(29)17-27(33(24)35)31(23)32(22)30(21)26/h1-12,16,18H,13-15,17H2. The lowest BCUT2D eigenvalue weighted by Gasteiger charge is -2.40. The molecule has 0 saturated carbocycles. The van der Waals surface area contributed by atoms with Gasteiger partial charge in [-0.05, 0) is 91.7 Å². The smallest absolute Gasteiger partial charge is 0.0539 e. The third kappa shape index (κ3) is 2.23. The van der Waals surface area contributed by atoms with Crippen LogP contribution >= 0.6 is 0 Å². The zero-order chi connectivity index (χ0) is 22.7. The molecule has 0 bridgehead atoms. The first-order valence-corrected chi connectivity index (χ1v) is 12.6. The molecule has 0 atom stereocenters. The van der Waals surface area contributed by atoms with E-state index in [9.17, 15) is 0 Å². The van der Waals surface area contributed by atoms with Crippen molar-refractivity contribution in [1.82, 2.24) is 4.98 Å². The predicted molar refractivity (Wildman–Crippen MR) is 141 cm³/mol. The molecule has 164 valence electrons. The van der Waals surface area contributed by atoms with Crippen LogP contribution in [-0.2, 0) is 25.7 Å². The number of para-hydroxylation sites is 1. The van der Waals surface area contributed by atoms with Gasteiger partial charge in [-0.25, -0.2) is 0 Å². The number of aromatic nitrogens is 1. The van der Waals surface area contributed by atoms with Crippen LogP contribution in [0.2, 0.25) is 0 Å². The van der Waals surface area contributed by atoms with Crippen LogP contribution in [0.25, 0.3) is 22.3 Å². The molecule has 0 unspecified atom stereocenters. The van der Waals surface area contributed by atoms with Crippen LogP contribution in [0.4, 0.5) is 17.1 Å². The summed E-state index contributed by atoms with van der Waals surface area (Å²) in [5, 5.41) is 0. The van der Waals surface area contributed by atoms with Crippen molar-refractivity contribution in [1.29, 1.82) is 0 Å². The Morgan fingerprint density at radius 3 is 2.23 bits per heavy atom. The first-order chi connectivity index (χ1) is 17.3. The highest BCUT2D eigenvalue weighted by molar-refractivity contribution is 6.01. The first kappa shape index (κ1) is 18.2. The second kappa shape index (κ2) is 6.28. The molecular weight excluding hydrogens is 424 g/mol. The summed E-state index contributed by atoms with van der Waals surface area (Å²) in [7, 11) is 0. The Morgan fingerprint density at radius 1 is 0.543 bits per heavy atom. The molecule has 0 spiro atoms. The average molecular weight is 447 g/mol. The Labute approximate surface area is 204 Å². The molecule has 4 aromatic carbocycles. The van der Waals surface area contributed by atoms with E-state index in [1.54, 1.807) is 0 Å². The molecule has 35 heavy (non-hydrogen) atoms. The minimum absolute atomic E-state index is 0.943. The van der Waals surface area contributed by atoms with Crippen molar-refractivity contribution in [2.24, 2.45) is 0 Å². The maximum atomic E-state index is 4.53. The number of nitrogens with zero attached hydrogens (tertiary/aromatic N) is 2. The number of pyridine rings is 1. The molecule has 5 aromatic rings. The molecule has 9 rings (SSSR count). The fraction of sp³-hybridized carbons (Fsp3) is 0.121. The summed E-state index contributed by atoms with van der Waals surface area (Å²) in [5.74, 6) is 0. The SMILES string of the molecule is c1ccc2c(c1)Cc1ccc3c(c1-2)-c1c(cc2c4c1Cc1cnccc1N4c1ccccc1C2)C3. The largest absolute Gasteiger partial charge is 0.309 e. The van der Waals surface area contributed by atoms with Crippen molar-refractivity contribution in [2.75, 3.05) is 4.90 Å². The van der Waals surface area contributed by atoms with Gasteiger partial charge in [-0.1, -0.05) is 60.7 Å². The van der Waals surface area contributed by atoms with Gasteiger partial charge in [0.25, 0.3) is 0 Å². The van der Waals surface area contributed by atoms with Crippen LogP contribution in [0.15, 0.2) is 85.2 Å². The van der Waals surface area contributed by atoms with E-state index in [0.717, 1.165) is 25.7 Å². The zero-order valence-corrected chi connectivity index (χ0v) is 19.3. The Bertz CT molecular complexity index is 1750. The predicted octanol–water partition coefficient (Wildman–Crippen LogP) is 7.50. The molecule has 3 heterocycles. The second-order valence-corrected chi connectivity index (χ2v) is 10.4. The van der Waals surface area contributed by atoms with E-state index in [1.807, 2.05) is 6.20 Å². The van der Waals surface area contributed by atoms with E-state index < -0.39 is 0 Å². The molecule has 1 aromatic heterocycles. The van der Waals surface area contributed by atoms with Crippen molar-refractivity contribution < 1.29 is 0 Å². The average Bonchev–Trinajstić information content (AvgIpc) is 3.46. The van der Waals surface area contributed by atoms with E-state index in [0.29, 0.717) is 0 Å². The minimum Gasteiger partial charge on any atom is -0.309 e. The summed E-state index contributed by atoms with van der Waals surface area (Å²) in [6.07, 6.45) is 8.03. The third-order valence-electron chi connectivity index (χ3n) is 8.56. The van der Waals surface area contributed by atoms with Crippen molar-refractivity contribution in [3.8, 4) is 22.3 Å². The fourth-order valence-corrected chi connectivity index (χ4v) is 7.22. The number of anilines is 3. The van der Waals surface area contributed by atoms with E-state index in [2.05, 4.69) is 88.9 Å². The van der Waals surface area contributed by atoms with Gasteiger partial charge in [0.15, 0.2) is 0 Å². The van der Waals surface area contributed by atoms with E-state index in [4.69, 9.17) is 0 Å². The molecule has 0 amide bonds. The lowest BCUT2D eigenvalue weighted by atomic mass is 9.81. The van der Waals surface area contributed by atoms with Crippen molar-refractivity contribution in [3.63, 3.8) is 0 Å². The molecule has 0 saturated heterocycles. The van der Waals surface area contributed by atoms with Gasteiger partial charge in [0.05, 0.1) is 11.4 Å². The van der Waals surface area contributed by atoms with Crippen LogP contribution in [0, 0.1) is 0 Å². The number of rotatable bonds is 0. The molecule has 0 radical (unpaired) electrons. The maximum absolute atomic E-state index is 4.53. The second-order valence-electron chi connectivity index (χ2n) is 10.4. The molecule has 0 fully saturated rings. The molecular formula is C33H22N2. The normalized spacial score (nSPS) is 14.9. The van der Waals surface area contributed by atoms with Gasteiger partial charge >= 0.3 is 0 Å². The number of fused-ring (bicyclic) bond motifs is 12. The zero-order valence-electron chi connectivity index (χ0n) is 19.3. The number of benzene rings is 4. The van der Waals surface area contributed by atoms with Crippen LogP contribution in [-0.4, -0.2) is 4.98 Å². The summed E-state index contributed by atoms with van der Waals surface area (Å²) in [4.78, 5) is 7.06. The Morgan fingerprint density at radius 2 is 1.29 bits per heavy atom. The van der Waals surface area contributed by atoms with Gasteiger partial charge in [-0.15, -0.1) is 0 Å². The van der Waals surface area contributed by atoms with Crippen LogP contribution < -0.4 is 4.90 Å². The summed E-state index contributed by atoms with van der Waals surface area (Å²) < 4.78 is 0. The van der Waals surface area contributed by atoms with E-state index >= 15 is 0 Å².